The van der Waals surface area contributed by atoms with Crippen molar-refractivity contribution >= 4 is 0 Å². The Balaban J connectivity index is 1.82. The van der Waals surface area contributed by atoms with E-state index in [0.29, 0.717) is 11.7 Å². The highest BCUT2D eigenvalue weighted by molar-refractivity contribution is 5.55. The molecule has 2 aromatic rings. The van der Waals surface area contributed by atoms with Gasteiger partial charge in [0.05, 0.1) is 13.2 Å². The molecule has 3 rings (SSSR count). The van der Waals surface area contributed by atoms with Crippen molar-refractivity contribution in [2.75, 3.05) is 13.7 Å². The largest absolute Gasteiger partial charge is 0.497 e. The molecule has 18 heavy (non-hydrogen) atoms. The molecular weight excluding hydrogens is 230 g/mol. The summed E-state index contributed by atoms with van der Waals surface area (Å²) in [5, 5.41) is 7.36. The Bertz CT molecular complexity index is 515. The second-order valence-electron chi connectivity index (χ2n) is 4.33. The average molecular weight is 245 g/mol. The molecule has 1 aromatic carbocycles. The Hall–Kier alpha value is -1.88. The van der Waals surface area contributed by atoms with Crippen molar-refractivity contribution in [3.8, 4) is 17.1 Å². The van der Waals surface area contributed by atoms with Gasteiger partial charge in [-0.25, -0.2) is 0 Å². The van der Waals surface area contributed by atoms with E-state index in [1.54, 1.807) is 7.11 Å². The first kappa shape index (κ1) is 11.2. The van der Waals surface area contributed by atoms with Crippen molar-refractivity contribution in [2.45, 2.75) is 18.9 Å². The van der Waals surface area contributed by atoms with Crippen LogP contribution in [0.25, 0.3) is 11.4 Å². The van der Waals surface area contributed by atoms with Crippen molar-refractivity contribution in [3.63, 3.8) is 0 Å². The lowest BCUT2D eigenvalue weighted by atomic mass is 10.2. The van der Waals surface area contributed by atoms with E-state index in [-0.39, 0.29) is 6.04 Å². The summed E-state index contributed by atoms with van der Waals surface area (Å²) in [5.74, 6) is 2.12. The van der Waals surface area contributed by atoms with E-state index in [1.165, 1.54) is 0 Å². The minimum atomic E-state index is 0.212. The van der Waals surface area contributed by atoms with Crippen LogP contribution in [0.1, 0.15) is 24.8 Å². The molecule has 0 amide bonds. The van der Waals surface area contributed by atoms with Gasteiger partial charge < -0.3 is 14.6 Å². The molecule has 5 heteroatoms. The smallest absolute Gasteiger partial charge is 0.244 e. The van der Waals surface area contributed by atoms with Gasteiger partial charge in [-0.15, -0.1) is 0 Å². The molecule has 1 unspecified atom stereocenters. The number of rotatable bonds is 3. The number of hydrogen-bond donors (Lipinski definition) is 1. The molecule has 0 spiro atoms. The summed E-state index contributed by atoms with van der Waals surface area (Å²) in [5.41, 5.74) is 0.934. The number of ether oxygens (including phenoxy) is 1. The van der Waals surface area contributed by atoms with Gasteiger partial charge in [0.2, 0.25) is 11.7 Å². The summed E-state index contributed by atoms with van der Waals surface area (Å²) in [6.07, 6.45) is 2.22. The molecule has 1 saturated heterocycles. The minimum absolute atomic E-state index is 0.212. The normalized spacial score (nSPS) is 19.1. The zero-order valence-electron chi connectivity index (χ0n) is 10.2. The van der Waals surface area contributed by atoms with Crippen LogP contribution >= 0.6 is 0 Å². The molecule has 1 N–H and O–H groups in total. The Kier molecular flexibility index (Phi) is 2.98. The second-order valence-corrected chi connectivity index (χ2v) is 4.33. The number of methoxy groups -OCH3 is 1. The minimum Gasteiger partial charge on any atom is -0.497 e. The van der Waals surface area contributed by atoms with Crippen molar-refractivity contribution in [1.29, 1.82) is 0 Å². The van der Waals surface area contributed by atoms with Gasteiger partial charge in [0, 0.05) is 5.56 Å². The maximum absolute atomic E-state index is 5.30. The van der Waals surface area contributed by atoms with Crippen LogP contribution in [0.4, 0.5) is 0 Å². The first-order valence-electron chi connectivity index (χ1n) is 6.08. The zero-order chi connectivity index (χ0) is 12.4. The maximum atomic E-state index is 5.30. The molecule has 5 nitrogen and oxygen atoms in total. The summed E-state index contributed by atoms with van der Waals surface area (Å²) in [7, 11) is 1.65. The van der Waals surface area contributed by atoms with Gasteiger partial charge >= 0.3 is 0 Å². The topological polar surface area (TPSA) is 60.2 Å². The second kappa shape index (κ2) is 4.78. The molecule has 1 fully saturated rings. The fourth-order valence-electron chi connectivity index (χ4n) is 2.13. The third kappa shape index (κ3) is 2.09. The molecule has 94 valence electrons. The average Bonchev–Trinajstić information content (AvgIpc) is 3.09. The molecule has 0 aliphatic carbocycles. The van der Waals surface area contributed by atoms with Crippen LogP contribution in [0.2, 0.25) is 0 Å². The lowest BCUT2D eigenvalue weighted by Gasteiger charge is -2.01. The lowest BCUT2D eigenvalue weighted by molar-refractivity contribution is 0.345. The van der Waals surface area contributed by atoms with Crippen LogP contribution < -0.4 is 10.1 Å². The molecule has 0 saturated carbocycles. The first-order chi connectivity index (χ1) is 8.86. The molecular formula is C13H15N3O2. The fourth-order valence-corrected chi connectivity index (χ4v) is 2.13. The molecule has 0 radical (unpaired) electrons. The molecule has 1 aromatic heterocycles. The summed E-state index contributed by atoms with van der Waals surface area (Å²) >= 11 is 0. The molecule has 0 bridgehead atoms. The van der Waals surface area contributed by atoms with Crippen molar-refractivity contribution in [1.82, 2.24) is 15.5 Å². The highest BCUT2D eigenvalue weighted by Gasteiger charge is 2.22. The third-order valence-corrected chi connectivity index (χ3v) is 3.15. The Labute approximate surface area is 105 Å². The summed E-state index contributed by atoms with van der Waals surface area (Å²) in [6, 6.07) is 7.84. The van der Waals surface area contributed by atoms with Crippen molar-refractivity contribution in [3.05, 3.63) is 30.2 Å². The van der Waals surface area contributed by atoms with E-state index in [9.17, 15) is 0 Å². The van der Waals surface area contributed by atoms with Gasteiger partial charge in [-0.3, -0.25) is 0 Å². The number of nitrogens with one attached hydrogen (secondary N) is 1. The van der Waals surface area contributed by atoms with Crippen molar-refractivity contribution in [2.24, 2.45) is 0 Å². The van der Waals surface area contributed by atoms with Crippen LogP contribution in [-0.2, 0) is 0 Å². The van der Waals surface area contributed by atoms with E-state index in [4.69, 9.17) is 9.26 Å². The molecule has 1 aliphatic rings. The number of benzene rings is 1. The van der Waals surface area contributed by atoms with E-state index < -0.39 is 0 Å². The Morgan fingerprint density at radius 1 is 1.33 bits per heavy atom. The van der Waals surface area contributed by atoms with Crippen molar-refractivity contribution < 1.29 is 9.26 Å². The van der Waals surface area contributed by atoms with Gasteiger partial charge in [0.25, 0.3) is 0 Å². The van der Waals surface area contributed by atoms with E-state index in [0.717, 1.165) is 30.7 Å². The Morgan fingerprint density at radius 3 is 2.83 bits per heavy atom. The monoisotopic (exact) mass is 245 g/mol. The van der Waals surface area contributed by atoms with Gasteiger partial charge in [-0.2, -0.15) is 4.98 Å². The van der Waals surface area contributed by atoms with Crippen LogP contribution in [-0.4, -0.2) is 23.8 Å². The van der Waals surface area contributed by atoms with Gasteiger partial charge in [-0.1, -0.05) is 5.16 Å². The Morgan fingerprint density at radius 2 is 2.17 bits per heavy atom. The van der Waals surface area contributed by atoms with E-state index in [2.05, 4.69) is 15.5 Å². The SMILES string of the molecule is COc1ccc(-c2noc(C3CCCN3)n2)cc1. The van der Waals surface area contributed by atoms with Gasteiger partial charge in [0.1, 0.15) is 5.75 Å². The highest BCUT2D eigenvalue weighted by atomic mass is 16.5. The maximum Gasteiger partial charge on any atom is 0.244 e. The molecule has 1 aliphatic heterocycles. The quantitative estimate of drug-likeness (QED) is 0.898. The standard InChI is InChI=1S/C13H15N3O2/c1-17-10-6-4-9(5-7-10)12-15-13(18-16-12)11-3-2-8-14-11/h4-7,11,14H,2-3,8H2,1H3. The lowest BCUT2D eigenvalue weighted by Crippen LogP contribution is -2.12. The predicted octanol–water partition coefficient (Wildman–Crippen LogP) is 2.17. The molecule has 1 atom stereocenters. The summed E-state index contributed by atoms with van der Waals surface area (Å²) in [6.45, 7) is 1.02. The van der Waals surface area contributed by atoms with E-state index in [1.807, 2.05) is 24.3 Å². The summed E-state index contributed by atoms with van der Waals surface area (Å²) < 4.78 is 10.4. The third-order valence-electron chi connectivity index (χ3n) is 3.15. The number of aromatic nitrogens is 2. The first-order valence-corrected chi connectivity index (χ1v) is 6.08. The van der Waals surface area contributed by atoms with Gasteiger partial charge in [-0.05, 0) is 43.7 Å². The predicted molar refractivity (Wildman–Crippen MR) is 66.3 cm³/mol. The van der Waals surface area contributed by atoms with Crippen LogP contribution in [0.3, 0.4) is 0 Å². The van der Waals surface area contributed by atoms with Crippen LogP contribution in [0, 0.1) is 0 Å². The zero-order valence-corrected chi connectivity index (χ0v) is 10.2. The highest BCUT2D eigenvalue weighted by Crippen LogP contribution is 2.25. The van der Waals surface area contributed by atoms with Gasteiger partial charge in [0.15, 0.2) is 0 Å². The summed E-state index contributed by atoms with van der Waals surface area (Å²) in [4.78, 5) is 4.44. The fraction of sp³-hybridized carbons (Fsp3) is 0.385. The number of hydrogen-bond acceptors (Lipinski definition) is 5. The van der Waals surface area contributed by atoms with Crippen LogP contribution in [0.5, 0.6) is 5.75 Å². The molecule has 2 heterocycles. The van der Waals surface area contributed by atoms with Crippen LogP contribution in [0.15, 0.2) is 28.8 Å². The number of nitrogens with zero attached hydrogens (tertiary/aromatic N) is 2. The van der Waals surface area contributed by atoms with E-state index >= 15 is 0 Å².